The highest BCUT2D eigenvalue weighted by molar-refractivity contribution is 5.69. The molecule has 0 saturated heterocycles. The zero-order valence-electron chi connectivity index (χ0n) is 19.1. The minimum Gasteiger partial charge on any atom is -0.469 e. The van der Waals surface area contributed by atoms with E-state index in [1.54, 1.807) is 10.7 Å². The number of anilines is 1. The number of pyridine rings is 1. The van der Waals surface area contributed by atoms with Crippen molar-refractivity contribution in [3.8, 4) is 23.1 Å². The molecule has 5 rings (SSSR count). The molecule has 172 valence electrons. The van der Waals surface area contributed by atoms with Crippen LogP contribution in [0.3, 0.4) is 0 Å². The average Bonchev–Trinajstić information content (AvgIpc) is 3.47. The van der Waals surface area contributed by atoms with E-state index in [1.807, 2.05) is 61.5 Å². The van der Waals surface area contributed by atoms with E-state index >= 15 is 0 Å². The molecule has 1 aromatic carbocycles. The molecule has 2 N–H and O–H groups in total. The normalized spacial score (nSPS) is 15.6. The first-order valence-corrected chi connectivity index (χ1v) is 11.2. The number of ether oxygens (including phenoxy) is 1. The van der Waals surface area contributed by atoms with Gasteiger partial charge >= 0.3 is 0 Å². The Kier molecular flexibility index (Phi) is 5.97. The van der Waals surface area contributed by atoms with Crippen molar-refractivity contribution in [3.05, 3.63) is 78.0 Å². The molecular weight excluding hydrogens is 428 g/mol. The number of benzene rings is 1. The molecule has 0 unspecified atom stereocenters. The number of nitrogens with one attached hydrogen (secondary N) is 2. The molecule has 0 aliphatic carbocycles. The SMILES string of the molecule is Cc1cc(C#N)nn1CCN[C@H](c1ccccc1)[C@@H]1CNc2cc(-c3cnn(C)c3)cnc2O1. The summed E-state index contributed by atoms with van der Waals surface area (Å²) in [5.41, 5.74) is 5.42. The van der Waals surface area contributed by atoms with E-state index in [9.17, 15) is 0 Å². The standard InChI is InChI=1S/C25H26N8O/c1-17-10-21(12-26)31-33(17)9-8-27-24(18-6-4-3-5-7-18)23-15-28-22-11-19(13-29-25(22)34-23)20-14-30-32(2)16-20/h3-7,10-11,13-14,16,23-24,27-28H,8-9,15H2,1-2H3/t23-,24+/m0/s1. The zero-order chi connectivity index (χ0) is 23.5. The third-order valence-corrected chi connectivity index (χ3v) is 5.96. The van der Waals surface area contributed by atoms with Gasteiger partial charge in [-0.2, -0.15) is 15.5 Å². The van der Waals surface area contributed by atoms with Gasteiger partial charge in [0.1, 0.15) is 12.2 Å². The van der Waals surface area contributed by atoms with E-state index in [0.717, 1.165) is 28.1 Å². The predicted octanol–water partition coefficient (Wildman–Crippen LogP) is 3.06. The highest BCUT2D eigenvalue weighted by Gasteiger charge is 2.29. The second-order valence-electron chi connectivity index (χ2n) is 8.36. The first-order chi connectivity index (χ1) is 16.6. The maximum absolute atomic E-state index is 9.10. The van der Waals surface area contributed by atoms with Crippen LogP contribution in [0, 0.1) is 18.3 Å². The second kappa shape index (κ2) is 9.37. The van der Waals surface area contributed by atoms with E-state index in [1.165, 1.54) is 0 Å². The lowest BCUT2D eigenvalue weighted by atomic mass is 10.00. The predicted molar refractivity (Wildman–Crippen MR) is 128 cm³/mol. The number of hydrogen-bond donors (Lipinski definition) is 2. The first kappa shape index (κ1) is 21.7. The zero-order valence-corrected chi connectivity index (χ0v) is 19.1. The highest BCUT2D eigenvalue weighted by Crippen LogP contribution is 2.34. The van der Waals surface area contributed by atoms with Gasteiger partial charge in [0, 0.05) is 42.8 Å². The Morgan fingerprint density at radius 2 is 2.09 bits per heavy atom. The minimum absolute atomic E-state index is 0.0482. The van der Waals surface area contributed by atoms with E-state index < -0.39 is 0 Å². The van der Waals surface area contributed by atoms with Crippen LogP contribution < -0.4 is 15.4 Å². The number of hydrogen-bond acceptors (Lipinski definition) is 7. The lowest BCUT2D eigenvalue weighted by Gasteiger charge is -2.33. The van der Waals surface area contributed by atoms with Crippen LogP contribution in [0.2, 0.25) is 0 Å². The van der Waals surface area contributed by atoms with Gasteiger partial charge in [0.15, 0.2) is 5.69 Å². The van der Waals surface area contributed by atoms with Gasteiger partial charge in [-0.15, -0.1) is 0 Å². The summed E-state index contributed by atoms with van der Waals surface area (Å²) in [5.74, 6) is 0.591. The molecule has 34 heavy (non-hydrogen) atoms. The van der Waals surface area contributed by atoms with Gasteiger partial charge in [-0.25, -0.2) is 4.98 Å². The van der Waals surface area contributed by atoms with Gasteiger partial charge in [0.25, 0.3) is 0 Å². The van der Waals surface area contributed by atoms with E-state index in [2.05, 4.69) is 44.0 Å². The van der Waals surface area contributed by atoms with Gasteiger partial charge in [0.05, 0.1) is 31.0 Å². The lowest BCUT2D eigenvalue weighted by Crippen LogP contribution is -2.43. The number of rotatable bonds is 7. The molecular formula is C25H26N8O. The highest BCUT2D eigenvalue weighted by atomic mass is 16.5. The fourth-order valence-corrected chi connectivity index (χ4v) is 4.22. The van der Waals surface area contributed by atoms with Crippen molar-refractivity contribution < 1.29 is 4.74 Å². The number of fused-ring (bicyclic) bond motifs is 1. The quantitative estimate of drug-likeness (QED) is 0.442. The molecule has 1 aliphatic heterocycles. The van der Waals surface area contributed by atoms with E-state index in [4.69, 9.17) is 10.00 Å². The summed E-state index contributed by atoms with van der Waals surface area (Å²) in [6, 6.07) is 16.2. The Balaban J connectivity index is 1.32. The molecule has 2 atom stereocenters. The molecule has 3 aromatic heterocycles. The summed E-state index contributed by atoms with van der Waals surface area (Å²) in [6.07, 6.45) is 5.45. The number of aromatic nitrogens is 5. The Morgan fingerprint density at radius 3 is 2.82 bits per heavy atom. The second-order valence-corrected chi connectivity index (χ2v) is 8.36. The topological polar surface area (TPSA) is 106 Å². The Morgan fingerprint density at radius 1 is 1.24 bits per heavy atom. The lowest BCUT2D eigenvalue weighted by molar-refractivity contribution is 0.149. The third kappa shape index (κ3) is 4.49. The average molecular weight is 455 g/mol. The maximum atomic E-state index is 9.10. The number of nitrogens with zero attached hydrogens (tertiary/aromatic N) is 6. The Bertz CT molecular complexity index is 1320. The molecule has 9 heteroatoms. The van der Waals surface area contributed by atoms with Crippen LogP contribution in [-0.2, 0) is 13.6 Å². The smallest absolute Gasteiger partial charge is 0.237 e. The largest absolute Gasteiger partial charge is 0.469 e. The summed E-state index contributed by atoms with van der Waals surface area (Å²) >= 11 is 0. The van der Waals surface area contributed by atoms with Crippen LogP contribution in [-0.4, -0.2) is 43.7 Å². The monoisotopic (exact) mass is 454 g/mol. The van der Waals surface area contributed by atoms with Crippen LogP contribution in [0.5, 0.6) is 5.88 Å². The molecule has 0 saturated carbocycles. The van der Waals surface area contributed by atoms with Gasteiger partial charge in [0.2, 0.25) is 5.88 Å². The summed E-state index contributed by atoms with van der Waals surface area (Å²) in [6.45, 7) is 3.92. The molecule has 0 radical (unpaired) electrons. The van der Waals surface area contributed by atoms with Crippen molar-refractivity contribution in [2.75, 3.05) is 18.4 Å². The fraction of sp³-hybridized carbons (Fsp3) is 0.280. The van der Waals surface area contributed by atoms with Gasteiger partial charge in [-0.1, -0.05) is 30.3 Å². The van der Waals surface area contributed by atoms with Crippen LogP contribution in [0.1, 0.15) is 23.0 Å². The maximum Gasteiger partial charge on any atom is 0.237 e. The van der Waals surface area contributed by atoms with Crippen LogP contribution >= 0.6 is 0 Å². The fourth-order valence-electron chi connectivity index (χ4n) is 4.22. The molecule has 4 aromatic rings. The summed E-state index contributed by atoms with van der Waals surface area (Å²) in [4.78, 5) is 4.59. The molecule has 9 nitrogen and oxygen atoms in total. The van der Waals surface area contributed by atoms with Crippen LogP contribution in [0.4, 0.5) is 5.69 Å². The van der Waals surface area contributed by atoms with Crippen molar-refractivity contribution in [2.24, 2.45) is 7.05 Å². The van der Waals surface area contributed by atoms with Crippen LogP contribution in [0.15, 0.2) is 61.1 Å². The summed E-state index contributed by atoms with van der Waals surface area (Å²) < 4.78 is 10.00. The van der Waals surface area contributed by atoms with Crippen molar-refractivity contribution in [2.45, 2.75) is 25.6 Å². The molecule has 0 fully saturated rings. The number of nitriles is 1. The number of aryl methyl sites for hydroxylation is 2. The van der Waals surface area contributed by atoms with Crippen molar-refractivity contribution in [1.29, 1.82) is 5.26 Å². The first-order valence-electron chi connectivity index (χ1n) is 11.2. The Hall–Kier alpha value is -4.16. The van der Waals surface area contributed by atoms with Crippen molar-refractivity contribution in [3.63, 3.8) is 0 Å². The Labute approximate surface area is 198 Å². The van der Waals surface area contributed by atoms with Gasteiger partial charge < -0.3 is 15.4 Å². The van der Waals surface area contributed by atoms with Crippen molar-refractivity contribution >= 4 is 5.69 Å². The summed E-state index contributed by atoms with van der Waals surface area (Å²) in [5, 5.41) is 24.8. The van der Waals surface area contributed by atoms with Crippen molar-refractivity contribution in [1.82, 2.24) is 29.9 Å². The van der Waals surface area contributed by atoms with Gasteiger partial charge in [-0.05, 0) is 24.6 Å². The van der Waals surface area contributed by atoms with Gasteiger partial charge in [-0.3, -0.25) is 9.36 Å². The van der Waals surface area contributed by atoms with E-state index in [-0.39, 0.29) is 12.1 Å². The van der Waals surface area contributed by atoms with E-state index in [0.29, 0.717) is 31.2 Å². The molecule has 4 heterocycles. The molecule has 1 aliphatic rings. The third-order valence-electron chi connectivity index (χ3n) is 5.96. The van der Waals surface area contributed by atoms with Crippen LogP contribution in [0.25, 0.3) is 11.1 Å². The summed E-state index contributed by atoms with van der Waals surface area (Å²) in [7, 11) is 1.90. The molecule has 0 spiro atoms. The molecule has 0 bridgehead atoms. The minimum atomic E-state index is -0.153. The molecule has 0 amide bonds.